The predicted molar refractivity (Wildman–Crippen MR) is 84.3 cm³/mol. The molecule has 1 heterocycles. The molecule has 5 heteroatoms. The molecule has 0 unspecified atom stereocenters. The van der Waals surface area contributed by atoms with Crippen LogP contribution in [0.5, 0.6) is 0 Å². The van der Waals surface area contributed by atoms with Gasteiger partial charge >= 0.3 is 0 Å². The van der Waals surface area contributed by atoms with E-state index in [9.17, 15) is 4.79 Å². The van der Waals surface area contributed by atoms with Crippen LogP contribution >= 0.6 is 0 Å². The van der Waals surface area contributed by atoms with E-state index < -0.39 is 0 Å². The van der Waals surface area contributed by atoms with Gasteiger partial charge in [0.1, 0.15) is 6.33 Å². The molecule has 0 saturated carbocycles. The van der Waals surface area contributed by atoms with Crippen molar-refractivity contribution in [2.24, 2.45) is 0 Å². The van der Waals surface area contributed by atoms with Gasteiger partial charge < -0.3 is 0 Å². The lowest BCUT2D eigenvalue weighted by Crippen LogP contribution is -2.19. The Kier molecular flexibility index (Phi) is 3.67. The highest BCUT2D eigenvalue weighted by molar-refractivity contribution is 5.98. The van der Waals surface area contributed by atoms with Gasteiger partial charge in [0, 0.05) is 6.08 Å². The summed E-state index contributed by atoms with van der Waals surface area (Å²) in [5.41, 5.74) is 5.58. The standard InChI is InChI=1S/C17H12N4O/c18-11-14-6-2-1-5-13(14)9-10-17(22)20-21-12-19-15-7-3-4-8-16(15)21/h1-10,12H,(H,20,22). The molecule has 22 heavy (non-hydrogen) atoms. The van der Waals surface area contributed by atoms with Crippen molar-refractivity contribution in [1.29, 1.82) is 5.26 Å². The van der Waals surface area contributed by atoms with Gasteiger partial charge in [-0.05, 0) is 29.8 Å². The third kappa shape index (κ3) is 2.72. The van der Waals surface area contributed by atoms with E-state index in [1.807, 2.05) is 30.3 Å². The van der Waals surface area contributed by atoms with E-state index in [4.69, 9.17) is 5.26 Å². The second-order valence-electron chi connectivity index (χ2n) is 4.61. The molecular formula is C17H12N4O. The number of fused-ring (bicyclic) bond motifs is 1. The molecule has 3 rings (SSSR count). The van der Waals surface area contributed by atoms with Gasteiger partial charge in [0.25, 0.3) is 5.91 Å². The lowest BCUT2D eigenvalue weighted by Gasteiger charge is -2.04. The number of amides is 1. The van der Waals surface area contributed by atoms with E-state index in [1.54, 1.807) is 35.3 Å². The summed E-state index contributed by atoms with van der Waals surface area (Å²) in [6, 6.07) is 16.7. The Morgan fingerprint density at radius 1 is 1.18 bits per heavy atom. The van der Waals surface area contributed by atoms with Gasteiger partial charge in [-0.15, -0.1) is 0 Å². The summed E-state index contributed by atoms with van der Waals surface area (Å²) in [5, 5.41) is 9.01. The van der Waals surface area contributed by atoms with Crippen molar-refractivity contribution in [1.82, 2.24) is 9.66 Å². The number of imidazole rings is 1. The maximum Gasteiger partial charge on any atom is 0.262 e. The van der Waals surface area contributed by atoms with Gasteiger partial charge in [-0.2, -0.15) is 5.26 Å². The molecule has 2 aromatic carbocycles. The van der Waals surface area contributed by atoms with Gasteiger partial charge in [-0.1, -0.05) is 30.3 Å². The Bertz CT molecular complexity index is 902. The first kappa shape index (κ1) is 13.6. The number of para-hydroxylation sites is 2. The Balaban J connectivity index is 1.78. The van der Waals surface area contributed by atoms with Crippen LogP contribution in [0.25, 0.3) is 17.1 Å². The van der Waals surface area contributed by atoms with Crippen molar-refractivity contribution in [3.63, 3.8) is 0 Å². The van der Waals surface area contributed by atoms with Crippen LogP contribution in [0.1, 0.15) is 11.1 Å². The fourth-order valence-corrected chi connectivity index (χ4v) is 2.11. The van der Waals surface area contributed by atoms with E-state index >= 15 is 0 Å². The van der Waals surface area contributed by atoms with E-state index in [1.165, 1.54) is 6.08 Å². The van der Waals surface area contributed by atoms with Crippen LogP contribution in [0.4, 0.5) is 0 Å². The second kappa shape index (κ2) is 5.94. The summed E-state index contributed by atoms with van der Waals surface area (Å²) < 4.78 is 1.57. The fourth-order valence-electron chi connectivity index (χ4n) is 2.11. The average molecular weight is 288 g/mol. The molecule has 0 spiro atoms. The number of hydrogen-bond donors (Lipinski definition) is 1. The molecule has 0 aliphatic rings. The van der Waals surface area contributed by atoms with E-state index in [0.29, 0.717) is 11.1 Å². The molecular weight excluding hydrogens is 276 g/mol. The maximum absolute atomic E-state index is 12.0. The van der Waals surface area contributed by atoms with Crippen molar-refractivity contribution in [2.75, 3.05) is 5.43 Å². The summed E-state index contributed by atoms with van der Waals surface area (Å²) >= 11 is 0. The molecule has 0 fully saturated rings. The highest BCUT2D eigenvalue weighted by Crippen LogP contribution is 2.11. The normalized spacial score (nSPS) is 10.7. The van der Waals surface area contributed by atoms with Crippen LogP contribution in [-0.4, -0.2) is 15.6 Å². The SMILES string of the molecule is N#Cc1ccccc1C=CC(=O)Nn1cnc2ccccc21. The lowest BCUT2D eigenvalue weighted by atomic mass is 10.1. The molecule has 1 amide bonds. The lowest BCUT2D eigenvalue weighted by molar-refractivity contribution is -0.112. The fraction of sp³-hybridized carbons (Fsp3) is 0. The zero-order chi connectivity index (χ0) is 15.4. The van der Waals surface area contributed by atoms with Crippen LogP contribution in [0.15, 0.2) is 60.9 Å². The first-order valence-electron chi connectivity index (χ1n) is 6.68. The summed E-state index contributed by atoms with van der Waals surface area (Å²) in [6.07, 6.45) is 4.57. The quantitative estimate of drug-likeness (QED) is 0.753. The molecule has 1 aromatic heterocycles. The molecule has 0 radical (unpaired) electrons. The summed E-state index contributed by atoms with van der Waals surface area (Å²) in [5.74, 6) is -0.295. The number of rotatable bonds is 3. The van der Waals surface area contributed by atoms with Crippen molar-refractivity contribution < 1.29 is 4.79 Å². The predicted octanol–water partition coefficient (Wildman–Crippen LogP) is 2.69. The van der Waals surface area contributed by atoms with Gasteiger partial charge in [0.05, 0.1) is 22.7 Å². The number of carbonyl (C=O) groups excluding carboxylic acids is 1. The smallest absolute Gasteiger partial charge is 0.262 e. The number of hydrogen-bond acceptors (Lipinski definition) is 3. The van der Waals surface area contributed by atoms with Crippen molar-refractivity contribution in [3.8, 4) is 6.07 Å². The minimum Gasteiger partial charge on any atom is -0.268 e. The molecule has 0 atom stereocenters. The molecule has 0 saturated heterocycles. The van der Waals surface area contributed by atoms with E-state index in [0.717, 1.165) is 11.0 Å². The largest absolute Gasteiger partial charge is 0.268 e. The van der Waals surface area contributed by atoms with Gasteiger partial charge in [0.15, 0.2) is 0 Å². The second-order valence-corrected chi connectivity index (χ2v) is 4.61. The van der Waals surface area contributed by atoms with Gasteiger partial charge in [0.2, 0.25) is 0 Å². The first-order valence-corrected chi connectivity index (χ1v) is 6.68. The molecule has 0 aliphatic heterocycles. The molecule has 0 bridgehead atoms. The van der Waals surface area contributed by atoms with Crippen LogP contribution in [-0.2, 0) is 4.79 Å². The zero-order valence-corrected chi connectivity index (χ0v) is 11.6. The molecule has 0 aliphatic carbocycles. The Morgan fingerprint density at radius 2 is 1.95 bits per heavy atom. The maximum atomic E-state index is 12.0. The third-order valence-corrected chi connectivity index (χ3v) is 3.18. The Hall–Kier alpha value is -3.39. The number of nitrogens with zero attached hydrogens (tertiary/aromatic N) is 3. The van der Waals surface area contributed by atoms with E-state index in [2.05, 4.69) is 16.5 Å². The monoisotopic (exact) mass is 288 g/mol. The minimum absolute atomic E-state index is 0.295. The van der Waals surface area contributed by atoms with Crippen LogP contribution < -0.4 is 5.43 Å². The zero-order valence-electron chi connectivity index (χ0n) is 11.6. The molecule has 1 N–H and O–H groups in total. The number of benzene rings is 2. The highest BCUT2D eigenvalue weighted by Gasteiger charge is 2.03. The minimum atomic E-state index is -0.295. The van der Waals surface area contributed by atoms with Crippen LogP contribution in [0.3, 0.4) is 0 Å². The van der Waals surface area contributed by atoms with Crippen molar-refractivity contribution in [2.45, 2.75) is 0 Å². The molecule has 3 aromatic rings. The molecule has 106 valence electrons. The van der Waals surface area contributed by atoms with Crippen molar-refractivity contribution in [3.05, 3.63) is 72.1 Å². The Labute approximate surface area is 127 Å². The third-order valence-electron chi connectivity index (χ3n) is 3.18. The average Bonchev–Trinajstić information content (AvgIpc) is 2.96. The van der Waals surface area contributed by atoms with Crippen LogP contribution in [0.2, 0.25) is 0 Å². The van der Waals surface area contributed by atoms with Gasteiger partial charge in [-0.25, -0.2) is 9.66 Å². The summed E-state index contributed by atoms with van der Waals surface area (Å²) in [4.78, 5) is 16.2. The number of nitriles is 1. The summed E-state index contributed by atoms with van der Waals surface area (Å²) in [6.45, 7) is 0. The topological polar surface area (TPSA) is 70.7 Å². The summed E-state index contributed by atoms with van der Waals surface area (Å²) in [7, 11) is 0. The first-order chi connectivity index (χ1) is 10.8. The van der Waals surface area contributed by atoms with Gasteiger partial charge in [-0.3, -0.25) is 10.2 Å². The number of carbonyl (C=O) groups is 1. The van der Waals surface area contributed by atoms with Crippen molar-refractivity contribution >= 4 is 23.0 Å². The molecule has 5 nitrogen and oxygen atoms in total. The number of aromatic nitrogens is 2. The Morgan fingerprint density at radius 3 is 2.82 bits per heavy atom. The number of nitrogens with one attached hydrogen (secondary N) is 1. The van der Waals surface area contributed by atoms with E-state index in [-0.39, 0.29) is 5.91 Å². The van der Waals surface area contributed by atoms with Crippen LogP contribution in [0, 0.1) is 11.3 Å². The highest BCUT2D eigenvalue weighted by atomic mass is 16.2.